The van der Waals surface area contributed by atoms with Gasteiger partial charge in [-0.3, -0.25) is 9.59 Å². The van der Waals surface area contributed by atoms with Gasteiger partial charge in [-0.05, 0) is 61.2 Å². The molecule has 2 heterocycles. The van der Waals surface area contributed by atoms with Crippen molar-refractivity contribution in [1.82, 2.24) is 4.90 Å². The summed E-state index contributed by atoms with van der Waals surface area (Å²) in [6, 6.07) is 19.8. The van der Waals surface area contributed by atoms with Gasteiger partial charge in [-0.1, -0.05) is 61.3 Å². The van der Waals surface area contributed by atoms with Gasteiger partial charge >= 0.3 is 0 Å². The second kappa shape index (κ2) is 11.3. The van der Waals surface area contributed by atoms with E-state index in [4.69, 9.17) is 25.5 Å². The lowest BCUT2D eigenvalue weighted by atomic mass is 9.97. The van der Waals surface area contributed by atoms with Crippen molar-refractivity contribution in [1.29, 1.82) is 0 Å². The van der Waals surface area contributed by atoms with Crippen molar-refractivity contribution in [3.8, 4) is 11.5 Å². The highest BCUT2D eigenvalue weighted by molar-refractivity contribution is 6.31. The maximum Gasteiger partial charge on any atom is 0.290 e. The Morgan fingerprint density at radius 2 is 1.76 bits per heavy atom. The fourth-order valence-corrected chi connectivity index (χ4v) is 5.04. The molecule has 0 N–H and O–H groups in total. The molecule has 38 heavy (non-hydrogen) atoms. The molecule has 1 aliphatic heterocycles. The fraction of sp³-hybridized carbons (Fsp3) is 0.290. The molecule has 0 fully saturated rings. The third-order valence-electron chi connectivity index (χ3n) is 6.75. The highest BCUT2D eigenvalue weighted by Crippen LogP contribution is 2.41. The molecule has 4 aromatic rings. The van der Waals surface area contributed by atoms with Crippen LogP contribution in [0.25, 0.3) is 11.0 Å². The first kappa shape index (κ1) is 25.9. The number of rotatable bonds is 10. The van der Waals surface area contributed by atoms with Crippen molar-refractivity contribution in [2.24, 2.45) is 0 Å². The van der Waals surface area contributed by atoms with Crippen LogP contribution in [0.15, 0.2) is 75.9 Å². The molecule has 1 atom stereocenters. The zero-order chi connectivity index (χ0) is 26.6. The maximum absolute atomic E-state index is 13.8. The Bertz CT molecular complexity index is 1510. The molecule has 0 bridgehead atoms. The Labute approximate surface area is 226 Å². The molecule has 3 aromatic carbocycles. The lowest BCUT2D eigenvalue weighted by Gasteiger charge is -2.26. The van der Waals surface area contributed by atoms with E-state index in [1.54, 1.807) is 23.1 Å². The number of benzene rings is 3. The standard InChI is InChI=1S/C31H30ClNO5/c1-3-5-17-37-25-13-11-21(18-26(25)36-4-2)28-27-29(34)23-19-22(32)12-14-24(23)38-30(27)31(35)33(28)16-15-20-9-7-6-8-10-20/h6-14,18-19,28H,3-5,15-17H2,1-2H3. The van der Waals surface area contributed by atoms with Crippen molar-refractivity contribution in [2.45, 2.75) is 39.2 Å². The second-order valence-electron chi connectivity index (χ2n) is 9.29. The molecule has 1 aromatic heterocycles. The average Bonchev–Trinajstić information content (AvgIpc) is 3.21. The van der Waals surface area contributed by atoms with Crippen LogP contribution in [0.3, 0.4) is 0 Å². The highest BCUT2D eigenvalue weighted by Gasteiger charge is 2.42. The third-order valence-corrected chi connectivity index (χ3v) is 6.99. The van der Waals surface area contributed by atoms with Gasteiger partial charge < -0.3 is 18.8 Å². The normalized spacial score (nSPS) is 14.7. The Morgan fingerprint density at radius 1 is 0.947 bits per heavy atom. The predicted molar refractivity (Wildman–Crippen MR) is 149 cm³/mol. The second-order valence-corrected chi connectivity index (χ2v) is 9.73. The van der Waals surface area contributed by atoms with E-state index in [0.717, 1.165) is 24.0 Å². The smallest absolute Gasteiger partial charge is 0.290 e. The number of carbonyl (C=O) groups is 1. The van der Waals surface area contributed by atoms with Crippen LogP contribution < -0.4 is 14.9 Å². The van der Waals surface area contributed by atoms with Crippen LogP contribution in [0.2, 0.25) is 5.02 Å². The van der Waals surface area contributed by atoms with E-state index in [2.05, 4.69) is 6.92 Å². The van der Waals surface area contributed by atoms with E-state index in [1.807, 2.05) is 55.5 Å². The van der Waals surface area contributed by atoms with Gasteiger partial charge in [0, 0.05) is 11.6 Å². The van der Waals surface area contributed by atoms with Gasteiger partial charge in [0.05, 0.1) is 30.2 Å². The molecule has 5 rings (SSSR count). The molecular weight excluding hydrogens is 502 g/mol. The van der Waals surface area contributed by atoms with Gasteiger partial charge in [-0.2, -0.15) is 0 Å². The van der Waals surface area contributed by atoms with Crippen LogP contribution in [0.1, 0.15) is 60.0 Å². The first-order chi connectivity index (χ1) is 18.5. The molecule has 7 heteroatoms. The molecule has 0 radical (unpaired) electrons. The summed E-state index contributed by atoms with van der Waals surface area (Å²) in [6.07, 6.45) is 2.59. The number of nitrogens with zero attached hydrogens (tertiary/aromatic N) is 1. The summed E-state index contributed by atoms with van der Waals surface area (Å²) in [5, 5.41) is 0.780. The fourth-order valence-electron chi connectivity index (χ4n) is 4.87. The molecule has 1 unspecified atom stereocenters. The van der Waals surface area contributed by atoms with Gasteiger partial charge in [0.15, 0.2) is 16.9 Å². The highest BCUT2D eigenvalue weighted by atomic mass is 35.5. The summed E-state index contributed by atoms with van der Waals surface area (Å²) in [4.78, 5) is 29.3. The Morgan fingerprint density at radius 3 is 2.53 bits per heavy atom. The van der Waals surface area contributed by atoms with Crippen LogP contribution in [0.4, 0.5) is 0 Å². The molecule has 1 aliphatic rings. The molecule has 6 nitrogen and oxygen atoms in total. The SMILES string of the molecule is CCCCOc1ccc(C2c3c(oc4ccc(Cl)cc4c3=O)C(=O)N2CCc2ccccc2)cc1OCC. The molecular formula is C31H30ClNO5. The average molecular weight is 532 g/mol. The minimum absolute atomic E-state index is 0.0733. The van der Waals surface area contributed by atoms with Crippen LogP contribution >= 0.6 is 11.6 Å². The van der Waals surface area contributed by atoms with Gasteiger partial charge in [0.2, 0.25) is 5.76 Å². The molecule has 0 saturated heterocycles. The molecule has 0 spiro atoms. The van der Waals surface area contributed by atoms with Gasteiger partial charge in [-0.25, -0.2) is 0 Å². The monoisotopic (exact) mass is 531 g/mol. The summed E-state index contributed by atoms with van der Waals surface area (Å²) in [5.41, 5.74) is 2.25. The van der Waals surface area contributed by atoms with Crippen LogP contribution in [-0.2, 0) is 6.42 Å². The van der Waals surface area contributed by atoms with Gasteiger partial charge in [-0.15, -0.1) is 0 Å². The number of fused-ring (bicyclic) bond motifs is 2. The number of hydrogen-bond donors (Lipinski definition) is 0. The summed E-state index contributed by atoms with van der Waals surface area (Å²) in [7, 11) is 0. The first-order valence-electron chi connectivity index (χ1n) is 13.0. The minimum atomic E-state index is -0.634. The summed E-state index contributed by atoms with van der Waals surface area (Å²) >= 11 is 6.21. The van der Waals surface area contributed by atoms with Crippen molar-refractivity contribution >= 4 is 28.5 Å². The zero-order valence-corrected chi connectivity index (χ0v) is 22.3. The lowest BCUT2D eigenvalue weighted by Crippen LogP contribution is -2.31. The molecule has 196 valence electrons. The van der Waals surface area contributed by atoms with Crippen LogP contribution in [-0.4, -0.2) is 30.6 Å². The molecule has 0 saturated carbocycles. The zero-order valence-electron chi connectivity index (χ0n) is 21.5. The van der Waals surface area contributed by atoms with E-state index in [0.29, 0.717) is 59.2 Å². The summed E-state index contributed by atoms with van der Waals surface area (Å²) in [6.45, 7) is 5.47. The first-order valence-corrected chi connectivity index (χ1v) is 13.4. The van der Waals surface area contributed by atoms with Gasteiger partial charge in [0.25, 0.3) is 5.91 Å². The number of unbranched alkanes of at least 4 members (excludes halogenated alkanes) is 1. The van der Waals surface area contributed by atoms with E-state index < -0.39 is 6.04 Å². The Kier molecular flexibility index (Phi) is 7.70. The number of halogens is 1. The third kappa shape index (κ3) is 5.01. The number of carbonyl (C=O) groups excluding carboxylic acids is 1. The Balaban J connectivity index is 1.62. The van der Waals surface area contributed by atoms with Crippen LogP contribution in [0, 0.1) is 0 Å². The lowest BCUT2D eigenvalue weighted by molar-refractivity contribution is 0.0729. The topological polar surface area (TPSA) is 69.0 Å². The summed E-state index contributed by atoms with van der Waals surface area (Å²) < 4.78 is 17.9. The number of amides is 1. The van der Waals surface area contributed by atoms with E-state index >= 15 is 0 Å². The quantitative estimate of drug-likeness (QED) is 0.210. The van der Waals surface area contributed by atoms with Crippen molar-refractivity contribution in [3.05, 3.63) is 104 Å². The van der Waals surface area contributed by atoms with Gasteiger partial charge in [0.1, 0.15) is 5.58 Å². The van der Waals surface area contributed by atoms with E-state index in [-0.39, 0.29) is 17.1 Å². The van der Waals surface area contributed by atoms with Crippen LogP contribution in [0.5, 0.6) is 11.5 Å². The van der Waals surface area contributed by atoms with E-state index in [1.165, 1.54) is 0 Å². The Hall–Kier alpha value is -3.77. The molecule has 1 amide bonds. The van der Waals surface area contributed by atoms with Crippen molar-refractivity contribution in [3.63, 3.8) is 0 Å². The van der Waals surface area contributed by atoms with Crippen molar-refractivity contribution in [2.75, 3.05) is 19.8 Å². The number of hydrogen-bond acceptors (Lipinski definition) is 5. The minimum Gasteiger partial charge on any atom is -0.490 e. The maximum atomic E-state index is 13.8. The largest absolute Gasteiger partial charge is 0.490 e. The summed E-state index contributed by atoms with van der Waals surface area (Å²) in [5.74, 6) is 0.986. The molecule has 0 aliphatic carbocycles. The predicted octanol–water partition coefficient (Wildman–Crippen LogP) is 6.81. The van der Waals surface area contributed by atoms with Crippen molar-refractivity contribution < 1.29 is 18.7 Å². The van der Waals surface area contributed by atoms with E-state index in [9.17, 15) is 9.59 Å². The number of ether oxygens (including phenoxy) is 2.